The molecule has 1 saturated heterocycles. The third-order valence-corrected chi connectivity index (χ3v) is 5.03. The van der Waals surface area contributed by atoms with Crippen molar-refractivity contribution in [2.75, 3.05) is 23.3 Å². The van der Waals surface area contributed by atoms with E-state index in [0.717, 1.165) is 30.3 Å². The van der Waals surface area contributed by atoms with Crippen molar-refractivity contribution < 1.29 is 4.79 Å². The number of anilines is 2. The van der Waals surface area contributed by atoms with Crippen LogP contribution in [0.15, 0.2) is 47.7 Å². The molecule has 0 radical (unpaired) electrons. The Bertz CT molecular complexity index is 856. The molecule has 1 aromatic heterocycles. The number of amides is 1. The molecule has 1 aromatic carbocycles. The summed E-state index contributed by atoms with van der Waals surface area (Å²) in [6.07, 6.45) is 2.93. The van der Waals surface area contributed by atoms with Gasteiger partial charge in [0.1, 0.15) is 29.3 Å². The van der Waals surface area contributed by atoms with Crippen molar-refractivity contribution in [2.45, 2.75) is 38.3 Å². The van der Waals surface area contributed by atoms with Crippen LogP contribution in [-0.2, 0) is 4.79 Å². The first kappa shape index (κ1) is 17.5. The second-order valence-corrected chi connectivity index (χ2v) is 7.36. The average molecular weight is 364 g/mol. The molecule has 1 amide bonds. The van der Waals surface area contributed by atoms with Crippen LogP contribution in [0.25, 0.3) is 0 Å². The number of amidine groups is 1. The normalized spacial score (nSPS) is 18.6. The fourth-order valence-corrected chi connectivity index (χ4v) is 3.59. The Hall–Kier alpha value is -2.96. The summed E-state index contributed by atoms with van der Waals surface area (Å²) < 4.78 is 0. The van der Waals surface area contributed by atoms with Crippen molar-refractivity contribution in [2.24, 2.45) is 4.99 Å². The van der Waals surface area contributed by atoms with Crippen LogP contribution in [0, 0.1) is 0 Å². The van der Waals surface area contributed by atoms with Crippen LogP contribution >= 0.6 is 0 Å². The van der Waals surface area contributed by atoms with Crippen LogP contribution in [0.5, 0.6) is 0 Å². The third-order valence-electron chi connectivity index (χ3n) is 5.03. The van der Waals surface area contributed by atoms with E-state index in [0.29, 0.717) is 24.7 Å². The molecule has 2 aromatic rings. The maximum Gasteiger partial charge on any atom is 0.253 e. The topological polar surface area (TPSA) is 82.5 Å². The number of carbonyl (C=O) groups excluding carboxylic acids is 1. The number of carbonyl (C=O) groups is 1. The lowest BCUT2D eigenvalue weighted by atomic mass is 9.88. The highest BCUT2D eigenvalue weighted by Crippen LogP contribution is 2.32. The molecular formula is C20H24N6O. The predicted molar refractivity (Wildman–Crippen MR) is 106 cm³/mol. The molecule has 27 heavy (non-hydrogen) atoms. The zero-order chi connectivity index (χ0) is 18.9. The Kier molecular flexibility index (Phi) is 4.51. The van der Waals surface area contributed by atoms with Crippen LogP contribution in [0.4, 0.5) is 11.6 Å². The summed E-state index contributed by atoms with van der Waals surface area (Å²) in [6.45, 7) is 5.62. The summed E-state index contributed by atoms with van der Waals surface area (Å²) >= 11 is 0. The zero-order valence-corrected chi connectivity index (χ0v) is 15.6. The zero-order valence-electron chi connectivity index (χ0n) is 15.6. The quantitative estimate of drug-likeness (QED) is 0.869. The second kappa shape index (κ2) is 6.98. The van der Waals surface area contributed by atoms with Gasteiger partial charge in [-0.25, -0.2) is 9.97 Å². The molecule has 1 spiro atoms. The molecule has 7 nitrogen and oxygen atoms in total. The summed E-state index contributed by atoms with van der Waals surface area (Å²) in [4.78, 5) is 28.3. The fourth-order valence-electron chi connectivity index (χ4n) is 3.59. The number of aliphatic imine (C=N–C) groups is 1. The number of hydrogen-bond acceptors (Lipinski definition) is 6. The highest BCUT2D eigenvalue weighted by molar-refractivity contribution is 6.15. The lowest BCUT2D eigenvalue weighted by Crippen LogP contribution is -2.49. The SMILES string of the molecule is CC(C)Nc1cc(N2CCC3(CC2)N=C(c2ccccc2)NC3=O)ncn1. The molecule has 7 heteroatoms. The molecule has 1 fully saturated rings. The summed E-state index contributed by atoms with van der Waals surface area (Å²) in [6, 6.07) is 12.1. The van der Waals surface area contributed by atoms with Crippen molar-refractivity contribution in [3.05, 3.63) is 48.3 Å². The predicted octanol–water partition coefficient (Wildman–Crippen LogP) is 2.21. The highest BCUT2D eigenvalue weighted by atomic mass is 16.2. The first-order valence-electron chi connectivity index (χ1n) is 9.36. The minimum absolute atomic E-state index is 0.00542. The van der Waals surface area contributed by atoms with Crippen molar-refractivity contribution in [3.8, 4) is 0 Å². The highest BCUT2D eigenvalue weighted by Gasteiger charge is 2.46. The first-order chi connectivity index (χ1) is 13.1. The molecule has 3 heterocycles. The van der Waals surface area contributed by atoms with Gasteiger partial charge in [0.15, 0.2) is 0 Å². The maximum atomic E-state index is 12.7. The van der Waals surface area contributed by atoms with E-state index in [1.807, 2.05) is 36.4 Å². The number of nitrogens with one attached hydrogen (secondary N) is 2. The average Bonchev–Trinajstić information content (AvgIpc) is 2.99. The molecule has 0 unspecified atom stereocenters. The largest absolute Gasteiger partial charge is 0.368 e. The monoisotopic (exact) mass is 364 g/mol. The van der Waals surface area contributed by atoms with Gasteiger partial charge in [0, 0.05) is 30.8 Å². The maximum absolute atomic E-state index is 12.7. The van der Waals surface area contributed by atoms with E-state index in [2.05, 4.69) is 39.3 Å². The molecule has 0 bridgehead atoms. The summed E-state index contributed by atoms with van der Waals surface area (Å²) in [5.41, 5.74) is 0.290. The van der Waals surface area contributed by atoms with E-state index in [1.54, 1.807) is 6.33 Å². The van der Waals surface area contributed by atoms with Gasteiger partial charge in [-0.1, -0.05) is 30.3 Å². The number of piperidine rings is 1. The number of hydrogen-bond donors (Lipinski definition) is 2. The van der Waals surface area contributed by atoms with E-state index in [1.165, 1.54) is 0 Å². The van der Waals surface area contributed by atoms with Gasteiger partial charge in [-0.05, 0) is 26.7 Å². The standard InChI is InChI=1S/C20H24N6O/c1-14(2)23-16-12-17(22-13-21-16)26-10-8-20(9-11-26)19(27)24-18(25-20)15-6-4-3-5-7-15/h3-7,12-14H,8-11H2,1-2H3,(H,21,22,23)(H,24,25,27). The minimum atomic E-state index is -0.659. The Morgan fingerprint density at radius 3 is 2.59 bits per heavy atom. The van der Waals surface area contributed by atoms with Gasteiger partial charge >= 0.3 is 0 Å². The van der Waals surface area contributed by atoms with Gasteiger partial charge in [0.25, 0.3) is 5.91 Å². The second-order valence-electron chi connectivity index (χ2n) is 7.36. The van der Waals surface area contributed by atoms with E-state index in [9.17, 15) is 4.79 Å². The lowest BCUT2D eigenvalue weighted by molar-refractivity contribution is -0.124. The summed E-state index contributed by atoms with van der Waals surface area (Å²) in [5, 5.41) is 6.27. The van der Waals surface area contributed by atoms with Gasteiger partial charge in [0.05, 0.1) is 0 Å². The van der Waals surface area contributed by atoms with Gasteiger partial charge in [0.2, 0.25) is 0 Å². The van der Waals surface area contributed by atoms with Crippen LogP contribution in [0.2, 0.25) is 0 Å². The van der Waals surface area contributed by atoms with Gasteiger partial charge < -0.3 is 15.5 Å². The molecule has 140 valence electrons. The molecule has 4 rings (SSSR count). The van der Waals surface area contributed by atoms with Crippen molar-refractivity contribution >= 4 is 23.4 Å². The number of benzene rings is 1. The van der Waals surface area contributed by atoms with Crippen molar-refractivity contribution in [1.29, 1.82) is 0 Å². The number of nitrogens with zero attached hydrogens (tertiary/aromatic N) is 4. The Labute approximate surface area is 158 Å². The van der Waals surface area contributed by atoms with Gasteiger partial charge in [-0.2, -0.15) is 0 Å². The van der Waals surface area contributed by atoms with Gasteiger partial charge in [-0.3, -0.25) is 9.79 Å². The van der Waals surface area contributed by atoms with Crippen LogP contribution < -0.4 is 15.5 Å². The van der Waals surface area contributed by atoms with E-state index in [-0.39, 0.29) is 5.91 Å². The Balaban J connectivity index is 1.49. The van der Waals surface area contributed by atoms with Crippen molar-refractivity contribution in [1.82, 2.24) is 15.3 Å². The molecule has 2 aliphatic heterocycles. The minimum Gasteiger partial charge on any atom is -0.368 e. The van der Waals surface area contributed by atoms with E-state index < -0.39 is 5.54 Å². The molecule has 0 saturated carbocycles. The van der Waals surface area contributed by atoms with Crippen molar-refractivity contribution in [3.63, 3.8) is 0 Å². The third kappa shape index (κ3) is 3.49. The summed E-state index contributed by atoms with van der Waals surface area (Å²) in [5.74, 6) is 2.39. The molecule has 2 N–H and O–H groups in total. The van der Waals surface area contributed by atoms with Gasteiger partial charge in [-0.15, -0.1) is 0 Å². The molecule has 2 aliphatic rings. The molecule has 0 atom stereocenters. The molecule has 0 aliphatic carbocycles. The summed E-state index contributed by atoms with van der Waals surface area (Å²) in [7, 11) is 0. The number of aromatic nitrogens is 2. The van der Waals surface area contributed by atoms with E-state index >= 15 is 0 Å². The molecular weight excluding hydrogens is 340 g/mol. The Morgan fingerprint density at radius 1 is 1.15 bits per heavy atom. The lowest BCUT2D eigenvalue weighted by Gasteiger charge is -2.36. The van der Waals surface area contributed by atoms with Crippen LogP contribution in [0.3, 0.4) is 0 Å². The Morgan fingerprint density at radius 2 is 1.89 bits per heavy atom. The van der Waals surface area contributed by atoms with E-state index in [4.69, 9.17) is 4.99 Å². The van der Waals surface area contributed by atoms with Crippen LogP contribution in [-0.4, -0.2) is 46.4 Å². The van der Waals surface area contributed by atoms with Crippen LogP contribution in [0.1, 0.15) is 32.3 Å². The number of rotatable bonds is 4. The first-order valence-corrected chi connectivity index (χ1v) is 9.36. The smallest absolute Gasteiger partial charge is 0.253 e. The fraction of sp³-hybridized carbons (Fsp3) is 0.400.